The predicted octanol–water partition coefficient (Wildman–Crippen LogP) is 2.15. The summed E-state index contributed by atoms with van der Waals surface area (Å²) in [5, 5.41) is 11.8. The van der Waals surface area contributed by atoms with Crippen LogP contribution in [0.4, 0.5) is 10.5 Å². The molecule has 1 atom stereocenters. The van der Waals surface area contributed by atoms with Crippen LogP contribution in [0.1, 0.15) is 18.1 Å². The van der Waals surface area contributed by atoms with Crippen molar-refractivity contribution in [2.24, 2.45) is 0 Å². The molecule has 0 fully saturated rings. The molecule has 4 nitrogen and oxygen atoms in total. The van der Waals surface area contributed by atoms with E-state index in [9.17, 15) is 4.79 Å². The van der Waals surface area contributed by atoms with Gasteiger partial charge in [-0.3, -0.25) is 0 Å². The average Bonchev–Trinajstić information content (AvgIpc) is 2.31. The van der Waals surface area contributed by atoms with Crippen LogP contribution in [-0.4, -0.2) is 35.7 Å². The lowest BCUT2D eigenvalue weighted by Gasteiger charge is -2.24. The van der Waals surface area contributed by atoms with Gasteiger partial charge in [0.2, 0.25) is 0 Å². The van der Waals surface area contributed by atoms with Crippen molar-refractivity contribution in [3.63, 3.8) is 0 Å². The van der Waals surface area contributed by atoms with Gasteiger partial charge in [0, 0.05) is 12.7 Å². The SMILES string of the molecule is Cc1ccc(C)c(NC(=O)N(C)C(C)CO)c1. The molecule has 0 radical (unpaired) electrons. The number of aryl methyl sites for hydroxylation is 2. The lowest BCUT2D eigenvalue weighted by molar-refractivity contribution is 0.166. The van der Waals surface area contributed by atoms with Gasteiger partial charge in [-0.25, -0.2) is 4.79 Å². The molecule has 0 spiro atoms. The Labute approximate surface area is 102 Å². The molecule has 0 saturated carbocycles. The van der Waals surface area contributed by atoms with Crippen molar-refractivity contribution in [2.45, 2.75) is 26.8 Å². The van der Waals surface area contributed by atoms with Gasteiger partial charge in [-0.15, -0.1) is 0 Å². The molecular weight excluding hydrogens is 216 g/mol. The summed E-state index contributed by atoms with van der Waals surface area (Å²) in [7, 11) is 1.67. The highest BCUT2D eigenvalue weighted by Crippen LogP contribution is 2.16. The molecule has 94 valence electrons. The van der Waals surface area contributed by atoms with E-state index in [-0.39, 0.29) is 18.7 Å². The summed E-state index contributed by atoms with van der Waals surface area (Å²) in [6.45, 7) is 5.68. The van der Waals surface area contributed by atoms with Crippen molar-refractivity contribution in [1.29, 1.82) is 0 Å². The maximum absolute atomic E-state index is 11.9. The van der Waals surface area contributed by atoms with Gasteiger partial charge in [-0.1, -0.05) is 12.1 Å². The van der Waals surface area contributed by atoms with Crippen LogP contribution in [0.25, 0.3) is 0 Å². The van der Waals surface area contributed by atoms with E-state index in [4.69, 9.17) is 5.11 Å². The second-order valence-electron chi connectivity index (χ2n) is 4.39. The molecule has 17 heavy (non-hydrogen) atoms. The molecule has 1 unspecified atom stereocenters. The molecule has 1 aromatic carbocycles. The van der Waals surface area contributed by atoms with Gasteiger partial charge in [0.1, 0.15) is 0 Å². The van der Waals surface area contributed by atoms with E-state index in [0.717, 1.165) is 16.8 Å². The van der Waals surface area contributed by atoms with E-state index >= 15 is 0 Å². The third-order valence-corrected chi connectivity index (χ3v) is 2.88. The van der Waals surface area contributed by atoms with Crippen LogP contribution < -0.4 is 5.32 Å². The summed E-state index contributed by atoms with van der Waals surface area (Å²) < 4.78 is 0. The van der Waals surface area contributed by atoms with Gasteiger partial charge in [0.15, 0.2) is 0 Å². The number of rotatable bonds is 3. The monoisotopic (exact) mass is 236 g/mol. The zero-order chi connectivity index (χ0) is 13.0. The first-order valence-electron chi connectivity index (χ1n) is 5.67. The van der Waals surface area contributed by atoms with E-state index in [1.54, 1.807) is 14.0 Å². The highest BCUT2D eigenvalue weighted by molar-refractivity contribution is 5.90. The minimum absolute atomic E-state index is 0.0449. The number of nitrogens with zero attached hydrogens (tertiary/aromatic N) is 1. The molecule has 0 aliphatic heterocycles. The molecule has 1 rings (SSSR count). The highest BCUT2D eigenvalue weighted by Gasteiger charge is 2.15. The van der Waals surface area contributed by atoms with Crippen LogP contribution in [0, 0.1) is 13.8 Å². The summed E-state index contributed by atoms with van der Waals surface area (Å²) in [6, 6.07) is 5.51. The van der Waals surface area contributed by atoms with Crippen molar-refractivity contribution in [1.82, 2.24) is 4.90 Å². The number of anilines is 1. The predicted molar refractivity (Wildman–Crippen MR) is 69.2 cm³/mol. The van der Waals surface area contributed by atoms with Crippen LogP contribution in [0.5, 0.6) is 0 Å². The van der Waals surface area contributed by atoms with Gasteiger partial charge < -0.3 is 15.3 Å². The number of amides is 2. The Bertz CT molecular complexity index is 404. The molecule has 0 aliphatic carbocycles. The minimum Gasteiger partial charge on any atom is -0.394 e. The Balaban J connectivity index is 2.77. The number of carbonyl (C=O) groups excluding carboxylic acids is 1. The quantitative estimate of drug-likeness (QED) is 0.845. The lowest BCUT2D eigenvalue weighted by atomic mass is 10.1. The van der Waals surface area contributed by atoms with E-state index in [2.05, 4.69) is 5.32 Å². The van der Waals surface area contributed by atoms with Gasteiger partial charge in [-0.05, 0) is 38.0 Å². The molecule has 0 bridgehead atoms. The van der Waals surface area contributed by atoms with Gasteiger partial charge in [0.05, 0.1) is 12.6 Å². The molecule has 1 aromatic rings. The number of aliphatic hydroxyl groups is 1. The minimum atomic E-state index is -0.208. The van der Waals surface area contributed by atoms with Crippen molar-refractivity contribution < 1.29 is 9.90 Å². The Morgan fingerprint density at radius 1 is 1.47 bits per heavy atom. The van der Waals surface area contributed by atoms with Crippen LogP contribution >= 0.6 is 0 Å². The standard InChI is InChI=1S/C13H20N2O2/c1-9-5-6-10(2)12(7-9)14-13(17)15(4)11(3)8-16/h5-7,11,16H,8H2,1-4H3,(H,14,17). The number of likely N-dealkylation sites (N-methyl/N-ethyl adjacent to an activating group) is 1. The maximum atomic E-state index is 11.9. The zero-order valence-corrected chi connectivity index (χ0v) is 10.8. The molecule has 0 aromatic heterocycles. The molecule has 2 amide bonds. The molecule has 0 aliphatic rings. The third kappa shape index (κ3) is 3.46. The van der Waals surface area contributed by atoms with Crippen LogP contribution in [0.2, 0.25) is 0 Å². The number of nitrogens with one attached hydrogen (secondary N) is 1. The van der Waals surface area contributed by atoms with Crippen molar-refractivity contribution in [2.75, 3.05) is 19.0 Å². The first-order chi connectivity index (χ1) is 7.95. The van der Waals surface area contributed by atoms with E-state index in [1.165, 1.54) is 4.90 Å². The number of urea groups is 1. The second-order valence-corrected chi connectivity index (χ2v) is 4.39. The average molecular weight is 236 g/mol. The first-order valence-corrected chi connectivity index (χ1v) is 5.67. The molecular formula is C13H20N2O2. The lowest BCUT2D eigenvalue weighted by Crippen LogP contribution is -2.40. The topological polar surface area (TPSA) is 52.6 Å². The number of benzene rings is 1. The van der Waals surface area contributed by atoms with E-state index in [1.807, 2.05) is 32.0 Å². The Hall–Kier alpha value is -1.55. The number of hydrogen-bond donors (Lipinski definition) is 2. The summed E-state index contributed by atoms with van der Waals surface area (Å²) >= 11 is 0. The second kappa shape index (κ2) is 5.68. The number of aliphatic hydroxyl groups excluding tert-OH is 1. The third-order valence-electron chi connectivity index (χ3n) is 2.88. The summed E-state index contributed by atoms with van der Waals surface area (Å²) in [5.41, 5.74) is 2.93. The van der Waals surface area contributed by atoms with Crippen LogP contribution in [-0.2, 0) is 0 Å². The molecule has 0 saturated heterocycles. The van der Waals surface area contributed by atoms with Crippen molar-refractivity contribution in [3.05, 3.63) is 29.3 Å². The van der Waals surface area contributed by atoms with Gasteiger partial charge in [-0.2, -0.15) is 0 Å². The fraction of sp³-hybridized carbons (Fsp3) is 0.462. The largest absolute Gasteiger partial charge is 0.394 e. The molecule has 2 N–H and O–H groups in total. The smallest absolute Gasteiger partial charge is 0.321 e. The van der Waals surface area contributed by atoms with Crippen molar-refractivity contribution >= 4 is 11.7 Å². The number of hydrogen-bond acceptors (Lipinski definition) is 2. The van der Waals surface area contributed by atoms with E-state index in [0.29, 0.717) is 0 Å². The summed E-state index contributed by atoms with van der Waals surface area (Å²) in [5.74, 6) is 0. The number of carbonyl (C=O) groups is 1. The van der Waals surface area contributed by atoms with Crippen LogP contribution in [0.3, 0.4) is 0 Å². The van der Waals surface area contributed by atoms with E-state index < -0.39 is 0 Å². The Morgan fingerprint density at radius 2 is 2.12 bits per heavy atom. The summed E-state index contributed by atoms with van der Waals surface area (Å²) in [6.07, 6.45) is 0. The van der Waals surface area contributed by atoms with Gasteiger partial charge in [0.25, 0.3) is 0 Å². The molecule has 4 heteroatoms. The zero-order valence-electron chi connectivity index (χ0n) is 10.8. The van der Waals surface area contributed by atoms with Crippen LogP contribution in [0.15, 0.2) is 18.2 Å². The Morgan fingerprint density at radius 3 is 2.71 bits per heavy atom. The fourth-order valence-electron chi connectivity index (χ4n) is 1.40. The maximum Gasteiger partial charge on any atom is 0.321 e. The van der Waals surface area contributed by atoms with Gasteiger partial charge >= 0.3 is 6.03 Å². The fourth-order valence-corrected chi connectivity index (χ4v) is 1.40. The van der Waals surface area contributed by atoms with Crippen molar-refractivity contribution in [3.8, 4) is 0 Å². The summed E-state index contributed by atoms with van der Waals surface area (Å²) in [4.78, 5) is 13.4. The Kier molecular flexibility index (Phi) is 4.52. The highest BCUT2D eigenvalue weighted by atomic mass is 16.3. The first kappa shape index (κ1) is 13.5. The normalized spacial score (nSPS) is 12.1. The molecule has 0 heterocycles.